The number of nitrogens with zero attached hydrogens (tertiary/aromatic N) is 5. The molecule has 1 atom stereocenters. The summed E-state index contributed by atoms with van der Waals surface area (Å²) >= 11 is 0. The number of imidazole rings is 1. The lowest BCUT2D eigenvalue weighted by molar-refractivity contribution is -0.126. The number of piperidine rings is 1. The maximum absolute atomic E-state index is 15.0. The van der Waals surface area contributed by atoms with Gasteiger partial charge in [0.2, 0.25) is 5.91 Å². The van der Waals surface area contributed by atoms with Crippen molar-refractivity contribution in [3.63, 3.8) is 0 Å². The molecule has 1 fully saturated rings. The van der Waals surface area contributed by atoms with Gasteiger partial charge in [0.05, 0.1) is 24.7 Å². The predicted molar refractivity (Wildman–Crippen MR) is 139 cm³/mol. The number of nitrogens with two attached hydrogens (primary N) is 2. The summed E-state index contributed by atoms with van der Waals surface area (Å²) < 4.78 is 36.2. The minimum Gasteiger partial charge on any atom is -0.494 e. The number of nitrogen functional groups attached to an aromatic ring is 1. The summed E-state index contributed by atoms with van der Waals surface area (Å²) in [6, 6.07) is 3.78. The first kappa shape index (κ1) is 25.3. The quantitative estimate of drug-likeness (QED) is 0.351. The number of likely N-dealkylation sites (N-methyl/N-ethyl adjacent to an activating group) is 1. The van der Waals surface area contributed by atoms with Crippen LogP contribution in [0.15, 0.2) is 43.0 Å². The Hall–Kier alpha value is -4.32. The number of hydrogen-bond acceptors (Lipinski definition) is 8. The van der Waals surface area contributed by atoms with Crippen molar-refractivity contribution in [3.05, 3.63) is 65.9 Å². The minimum atomic E-state index is -1.07. The Labute approximate surface area is 217 Å². The topological polar surface area (TPSA) is 137 Å². The number of ether oxygens (including phenoxy) is 1. The van der Waals surface area contributed by atoms with Crippen LogP contribution in [0.25, 0.3) is 16.9 Å². The first-order valence-electron chi connectivity index (χ1n) is 12.1. The molecule has 1 aliphatic heterocycles. The second kappa shape index (κ2) is 9.86. The molecule has 198 valence electrons. The lowest BCUT2D eigenvalue weighted by Crippen LogP contribution is -2.62. The monoisotopic (exact) mass is 522 g/mol. The first-order valence-corrected chi connectivity index (χ1v) is 12.1. The second-order valence-electron chi connectivity index (χ2n) is 9.36. The van der Waals surface area contributed by atoms with E-state index in [0.29, 0.717) is 37.3 Å². The number of aromatic nitrogens is 4. The van der Waals surface area contributed by atoms with E-state index in [0.717, 1.165) is 29.1 Å². The van der Waals surface area contributed by atoms with E-state index in [4.69, 9.17) is 16.2 Å². The fraction of sp³-hybridized carbons (Fsp3) is 0.308. The summed E-state index contributed by atoms with van der Waals surface area (Å²) in [5, 5.41) is 2.65. The van der Waals surface area contributed by atoms with E-state index < -0.39 is 17.2 Å². The Kier molecular flexibility index (Phi) is 6.57. The highest BCUT2D eigenvalue weighted by Gasteiger charge is 2.38. The smallest absolute Gasteiger partial charge is 0.241 e. The molecule has 1 saturated heterocycles. The number of carbonyl (C=O) groups is 1. The zero-order valence-corrected chi connectivity index (χ0v) is 21.0. The van der Waals surface area contributed by atoms with Crippen LogP contribution in [0.3, 0.4) is 0 Å². The van der Waals surface area contributed by atoms with Crippen molar-refractivity contribution in [1.29, 1.82) is 0 Å². The van der Waals surface area contributed by atoms with E-state index in [1.165, 1.54) is 7.11 Å². The van der Waals surface area contributed by atoms with Crippen LogP contribution in [-0.2, 0) is 11.2 Å². The van der Waals surface area contributed by atoms with Crippen LogP contribution in [-0.4, -0.2) is 58.0 Å². The van der Waals surface area contributed by atoms with Crippen LogP contribution in [0.4, 0.5) is 20.3 Å². The Balaban J connectivity index is 1.61. The number of anilines is 2. The zero-order chi connectivity index (χ0) is 27.0. The highest BCUT2D eigenvalue weighted by molar-refractivity contribution is 5.87. The standard InChI is InChI=1S/C26H28F2N8O2/c1-31-25(37)26(30)4-3-6-35(14-26)21-13-33-20(17-10-19(28)22(38-2)11-18(17)27)9-15(21)8-16-12-34-24-23(29)32-5-7-36(16)24/h5,7,9-13H,3-4,6,8,14,30H2,1-2H3,(H2,29,32)(H,31,37)/t26-/m0/s1. The molecule has 5 rings (SSSR count). The van der Waals surface area contributed by atoms with Gasteiger partial charge in [0, 0.05) is 62.5 Å². The predicted octanol–water partition coefficient (Wildman–Crippen LogP) is 2.29. The highest BCUT2D eigenvalue weighted by Crippen LogP contribution is 2.34. The van der Waals surface area contributed by atoms with Gasteiger partial charge in [0.15, 0.2) is 23.0 Å². The molecule has 1 amide bonds. The molecule has 0 aliphatic carbocycles. The summed E-state index contributed by atoms with van der Waals surface area (Å²) in [4.78, 5) is 27.5. The van der Waals surface area contributed by atoms with Crippen molar-refractivity contribution in [3.8, 4) is 17.0 Å². The van der Waals surface area contributed by atoms with Gasteiger partial charge in [-0.1, -0.05) is 0 Å². The van der Waals surface area contributed by atoms with Crippen LogP contribution in [0.5, 0.6) is 5.75 Å². The Morgan fingerprint density at radius 3 is 2.76 bits per heavy atom. The minimum absolute atomic E-state index is 0.000127. The van der Waals surface area contributed by atoms with Gasteiger partial charge in [0.25, 0.3) is 0 Å². The van der Waals surface area contributed by atoms with Crippen LogP contribution >= 0.6 is 0 Å². The van der Waals surface area contributed by atoms with Crippen LogP contribution < -0.4 is 26.4 Å². The molecule has 10 nitrogen and oxygen atoms in total. The lowest BCUT2D eigenvalue weighted by Gasteiger charge is -2.40. The lowest BCUT2D eigenvalue weighted by atomic mass is 9.88. The Bertz CT molecular complexity index is 1520. The number of pyridine rings is 1. The molecule has 5 N–H and O–H groups in total. The van der Waals surface area contributed by atoms with Gasteiger partial charge in [-0.2, -0.15) is 0 Å². The molecule has 0 saturated carbocycles. The number of hydrogen-bond donors (Lipinski definition) is 3. The fourth-order valence-electron chi connectivity index (χ4n) is 4.98. The fourth-order valence-corrected chi connectivity index (χ4v) is 4.98. The molecule has 3 aromatic heterocycles. The zero-order valence-electron chi connectivity index (χ0n) is 21.0. The van der Waals surface area contributed by atoms with Gasteiger partial charge in [0.1, 0.15) is 11.4 Å². The third-order valence-corrected chi connectivity index (χ3v) is 6.93. The largest absolute Gasteiger partial charge is 0.494 e. The van der Waals surface area contributed by atoms with Gasteiger partial charge < -0.3 is 26.4 Å². The summed E-state index contributed by atoms with van der Waals surface area (Å²) in [5.74, 6) is -1.51. The van der Waals surface area contributed by atoms with E-state index in [-0.39, 0.29) is 29.5 Å². The molecule has 12 heteroatoms. The Morgan fingerprint density at radius 2 is 2.00 bits per heavy atom. The highest BCUT2D eigenvalue weighted by atomic mass is 19.1. The molecule has 0 radical (unpaired) electrons. The number of carbonyl (C=O) groups excluding carboxylic acids is 1. The third-order valence-electron chi connectivity index (χ3n) is 6.93. The molecular formula is C26H28F2N8O2. The molecule has 0 bridgehead atoms. The normalized spacial score (nSPS) is 17.6. The molecule has 0 unspecified atom stereocenters. The number of amides is 1. The van der Waals surface area contributed by atoms with Crippen molar-refractivity contribution >= 4 is 23.1 Å². The molecule has 1 aromatic carbocycles. The summed E-state index contributed by atoms with van der Waals surface area (Å²) in [5.41, 5.74) is 14.5. The summed E-state index contributed by atoms with van der Waals surface area (Å²) in [6.45, 7) is 0.926. The van der Waals surface area contributed by atoms with Crippen molar-refractivity contribution in [2.75, 3.05) is 37.9 Å². The average molecular weight is 523 g/mol. The summed E-state index contributed by atoms with van der Waals surface area (Å²) in [7, 11) is 2.83. The Morgan fingerprint density at radius 1 is 1.18 bits per heavy atom. The number of methoxy groups -OCH3 is 1. The molecule has 4 aromatic rings. The van der Waals surface area contributed by atoms with Crippen molar-refractivity contribution in [2.24, 2.45) is 5.73 Å². The molecule has 1 aliphatic rings. The van der Waals surface area contributed by atoms with Crippen molar-refractivity contribution < 1.29 is 18.3 Å². The average Bonchev–Trinajstić information content (AvgIpc) is 3.33. The van der Waals surface area contributed by atoms with Crippen molar-refractivity contribution in [2.45, 2.75) is 24.8 Å². The van der Waals surface area contributed by atoms with E-state index in [1.54, 1.807) is 37.9 Å². The number of nitrogens with one attached hydrogen (secondary N) is 1. The van der Waals surface area contributed by atoms with E-state index in [1.807, 2.05) is 9.30 Å². The summed E-state index contributed by atoms with van der Waals surface area (Å²) in [6.07, 6.45) is 8.25. The second-order valence-corrected chi connectivity index (χ2v) is 9.36. The first-order chi connectivity index (χ1) is 18.2. The maximum Gasteiger partial charge on any atom is 0.241 e. The maximum atomic E-state index is 15.0. The van der Waals surface area contributed by atoms with Crippen LogP contribution in [0.2, 0.25) is 0 Å². The van der Waals surface area contributed by atoms with Gasteiger partial charge in [-0.25, -0.2) is 18.7 Å². The molecular weight excluding hydrogens is 494 g/mol. The van der Waals surface area contributed by atoms with Gasteiger partial charge in [-0.15, -0.1) is 0 Å². The van der Waals surface area contributed by atoms with Crippen LogP contribution in [0.1, 0.15) is 24.1 Å². The molecule has 0 spiro atoms. The van der Waals surface area contributed by atoms with Gasteiger partial charge in [-0.3, -0.25) is 14.2 Å². The molecule has 38 heavy (non-hydrogen) atoms. The van der Waals surface area contributed by atoms with Gasteiger partial charge >= 0.3 is 0 Å². The van der Waals surface area contributed by atoms with E-state index >= 15 is 0 Å². The SMILES string of the molecule is CNC(=O)[C@]1(N)CCCN(c2cnc(-c3cc(F)c(OC)cc3F)cc2Cc2cnc3c(N)nccn23)C1. The number of benzene rings is 1. The van der Waals surface area contributed by atoms with Gasteiger partial charge in [-0.05, 0) is 30.5 Å². The van der Waals surface area contributed by atoms with E-state index in [9.17, 15) is 13.6 Å². The van der Waals surface area contributed by atoms with E-state index in [2.05, 4.69) is 20.3 Å². The van der Waals surface area contributed by atoms with Crippen molar-refractivity contribution in [1.82, 2.24) is 24.7 Å². The number of fused-ring (bicyclic) bond motifs is 1. The molecule has 4 heterocycles. The third kappa shape index (κ3) is 4.47. The number of rotatable bonds is 6. The number of halogens is 2. The van der Waals surface area contributed by atoms with Crippen LogP contribution in [0, 0.1) is 11.6 Å².